The van der Waals surface area contributed by atoms with Gasteiger partial charge in [-0.05, 0) is 57.9 Å². The van der Waals surface area contributed by atoms with E-state index >= 15 is 0 Å². The number of nitrogens with one attached hydrogen (secondary N) is 2. The van der Waals surface area contributed by atoms with Gasteiger partial charge in [-0.1, -0.05) is 6.42 Å². The van der Waals surface area contributed by atoms with E-state index < -0.39 is 0 Å². The zero-order valence-electron chi connectivity index (χ0n) is 20.5. The highest BCUT2D eigenvalue weighted by Crippen LogP contribution is 2.40. The third-order valence-corrected chi connectivity index (χ3v) is 8.22. The van der Waals surface area contributed by atoms with E-state index in [1.807, 2.05) is 24.4 Å². The van der Waals surface area contributed by atoms with Gasteiger partial charge < -0.3 is 24.8 Å². The number of aromatic amines is 1. The standard InChI is InChI=1S/C26H31N7OS/c1-16-13-19-17(2)21(8-7-20(19)28-16)34-25-29-23(14-24(31-25)33-11-9-32(3)10-12-33)30-26-27-15-22(35-26)18-5-4-6-18/h7-8,13-15,18,28H,4-6,9-12H2,1-3H3,(H,27,29,30,31). The summed E-state index contributed by atoms with van der Waals surface area (Å²) in [5.74, 6) is 3.01. The summed E-state index contributed by atoms with van der Waals surface area (Å²) in [6, 6.07) is 8.53. The second-order valence-electron chi connectivity index (χ2n) is 9.71. The molecular weight excluding hydrogens is 458 g/mol. The molecule has 0 spiro atoms. The molecule has 6 rings (SSSR count). The number of likely N-dealkylation sites (N-methyl/N-ethyl adjacent to an activating group) is 1. The van der Waals surface area contributed by atoms with Gasteiger partial charge in [-0.15, -0.1) is 11.3 Å². The van der Waals surface area contributed by atoms with Crippen molar-refractivity contribution in [3.8, 4) is 11.8 Å². The minimum Gasteiger partial charge on any atom is -0.424 e. The Bertz CT molecular complexity index is 1350. The van der Waals surface area contributed by atoms with Crippen LogP contribution in [0.15, 0.2) is 30.5 Å². The number of benzene rings is 1. The second kappa shape index (κ2) is 9.13. The molecular formula is C26H31N7OS. The van der Waals surface area contributed by atoms with Gasteiger partial charge in [0.05, 0.1) is 0 Å². The third-order valence-electron chi connectivity index (χ3n) is 7.14. The number of piperazine rings is 1. The molecule has 0 bridgehead atoms. The maximum atomic E-state index is 6.30. The molecule has 1 saturated heterocycles. The number of rotatable bonds is 6. The van der Waals surface area contributed by atoms with E-state index in [1.165, 1.54) is 24.1 Å². The van der Waals surface area contributed by atoms with Crippen molar-refractivity contribution in [2.75, 3.05) is 43.4 Å². The van der Waals surface area contributed by atoms with Crippen molar-refractivity contribution in [3.05, 3.63) is 46.6 Å². The zero-order chi connectivity index (χ0) is 23.9. The second-order valence-corrected chi connectivity index (χ2v) is 10.8. The first kappa shape index (κ1) is 22.3. The monoisotopic (exact) mass is 489 g/mol. The van der Waals surface area contributed by atoms with Crippen molar-refractivity contribution in [2.24, 2.45) is 0 Å². The van der Waals surface area contributed by atoms with Crippen LogP contribution in [0.4, 0.5) is 16.8 Å². The minimum atomic E-state index is 0.342. The van der Waals surface area contributed by atoms with Crippen LogP contribution in [0.25, 0.3) is 10.9 Å². The number of thiazole rings is 1. The lowest BCUT2D eigenvalue weighted by Crippen LogP contribution is -2.44. The van der Waals surface area contributed by atoms with Crippen molar-refractivity contribution in [1.29, 1.82) is 0 Å². The molecule has 2 N–H and O–H groups in total. The molecule has 1 aliphatic heterocycles. The Hall–Kier alpha value is -3.17. The molecule has 0 amide bonds. The third kappa shape index (κ3) is 4.58. The molecule has 1 aromatic carbocycles. The van der Waals surface area contributed by atoms with Gasteiger partial charge in [0, 0.05) is 65.5 Å². The summed E-state index contributed by atoms with van der Waals surface area (Å²) in [4.78, 5) is 23.5. The molecule has 0 atom stereocenters. The van der Waals surface area contributed by atoms with E-state index in [9.17, 15) is 0 Å². The molecule has 0 unspecified atom stereocenters. The predicted molar refractivity (Wildman–Crippen MR) is 142 cm³/mol. The van der Waals surface area contributed by atoms with Gasteiger partial charge in [0.15, 0.2) is 5.13 Å². The Morgan fingerprint density at radius 1 is 1.09 bits per heavy atom. The van der Waals surface area contributed by atoms with Gasteiger partial charge in [0.25, 0.3) is 0 Å². The number of H-pyrrole nitrogens is 1. The lowest BCUT2D eigenvalue weighted by atomic mass is 9.85. The highest BCUT2D eigenvalue weighted by molar-refractivity contribution is 7.15. The lowest BCUT2D eigenvalue weighted by Gasteiger charge is -2.33. The van der Waals surface area contributed by atoms with E-state index in [-0.39, 0.29) is 0 Å². The predicted octanol–water partition coefficient (Wildman–Crippen LogP) is 5.59. The summed E-state index contributed by atoms with van der Waals surface area (Å²) in [6.07, 6.45) is 5.87. The number of hydrogen-bond donors (Lipinski definition) is 2. The van der Waals surface area contributed by atoms with Gasteiger partial charge in [-0.2, -0.15) is 9.97 Å². The maximum Gasteiger partial charge on any atom is 0.325 e. The highest BCUT2D eigenvalue weighted by Gasteiger charge is 2.23. The summed E-state index contributed by atoms with van der Waals surface area (Å²) in [6.45, 7) is 7.99. The quantitative estimate of drug-likeness (QED) is 0.365. The van der Waals surface area contributed by atoms with Crippen LogP contribution in [0, 0.1) is 13.8 Å². The van der Waals surface area contributed by atoms with Crippen LogP contribution >= 0.6 is 11.3 Å². The number of aromatic nitrogens is 4. The average molecular weight is 490 g/mol. The lowest BCUT2D eigenvalue weighted by molar-refractivity contribution is 0.311. The minimum absolute atomic E-state index is 0.342. The van der Waals surface area contributed by atoms with Crippen molar-refractivity contribution < 1.29 is 4.74 Å². The number of fused-ring (bicyclic) bond motifs is 1. The molecule has 2 fully saturated rings. The summed E-state index contributed by atoms with van der Waals surface area (Å²) in [7, 11) is 2.16. The van der Waals surface area contributed by atoms with E-state index in [0.717, 1.165) is 65.0 Å². The first-order valence-electron chi connectivity index (χ1n) is 12.3. The van der Waals surface area contributed by atoms with Crippen molar-refractivity contribution in [3.63, 3.8) is 0 Å². The normalized spacial score (nSPS) is 17.1. The molecule has 35 heavy (non-hydrogen) atoms. The Labute approximate surface area is 209 Å². The molecule has 4 aromatic rings. The number of aryl methyl sites for hydroxylation is 2. The van der Waals surface area contributed by atoms with Gasteiger partial charge in [0.2, 0.25) is 0 Å². The van der Waals surface area contributed by atoms with Crippen LogP contribution in [0.2, 0.25) is 0 Å². The summed E-state index contributed by atoms with van der Waals surface area (Å²) in [5, 5.41) is 5.44. The topological polar surface area (TPSA) is 82.2 Å². The Balaban J connectivity index is 1.31. The summed E-state index contributed by atoms with van der Waals surface area (Å²) < 4.78 is 6.30. The van der Waals surface area contributed by atoms with Gasteiger partial charge in [-0.25, -0.2) is 4.98 Å². The van der Waals surface area contributed by atoms with Gasteiger partial charge in [0.1, 0.15) is 17.4 Å². The van der Waals surface area contributed by atoms with Crippen LogP contribution < -0.4 is 15.0 Å². The molecule has 2 aliphatic rings. The molecule has 182 valence electrons. The highest BCUT2D eigenvalue weighted by atomic mass is 32.1. The van der Waals surface area contributed by atoms with E-state index in [1.54, 1.807) is 11.3 Å². The van der Waals surface area contributed by atoms with Crippen LogP contribution in [-0.2, 0) is 0 Å². The van der Waals surface area contributed by atoms with Crippen molar-refractivity contribution in [1.82, 2.24) is 24.8 Å². The fourth-order valence-corrected chi connectivity index (χ4v) is 5.73. The SMILES string of the molecule is Cc1cc2c(C)c(Oc3nc(Nc4ncc(C5CCC5)s4)cc(N4CCN(C)CC4)n3)ccc2[nH]1. The Morgan fingerprint density at radius 2 is 1.91 bits per heavy atom. The molecule has 0 radical (unpaired) electrons. The molecule has 9 heteroatoms. The van der Waals surface area contributed by atoms with Crippen LogP contribution in [0.3, 0.4) is 0 Å². The van der Waals surface area contributed by atoms with Gasteiger partial charge in [-0.3, -0.25) is 0 Å². The number of anilines is 3. The Kier molecular flexibility index (Phi) is 5.82. The van der Waals surface area contributed by atoms with Crippen LogP contribution in [0.5, 0.6) is 11.8 Å². The maximum absolute atomic E-state index is 6.30. The molecule has 1 saturated carbocycles. The number of ether oxygens (including phenoxy) is 1. The Morgan fingerprint density at radius 3 is 2.69 bits per heavy atom. The smallest absolute Gasteiger partial charge is 0.325 e. The van der Waals surface area contributed by atoms with E-state index in [2.05, 4.69) is 52.0 Å². The first-order chi connectivity index (χ1) is 17.0. The van der Waals surface area contributed by atoms with Gasteiger partial charge >= 0.3 is 6.01 Å². The van der Waals surface area contributed by atoms with Crippen molar-refractivity contribution >= 4 is 39.0 Å². The average Bonchev–Trinajstić information content (AvgIpc) is 3.41. The fourth-order valence-electron chi connectivity index (χ4n) is 4.73. The summed E-state index contributed by atoms with van der Waals surface area (Å²) >= 11 is 1.72. The van der Waals surface area contributed by atoms with Crippen molar-refractivity contribution in [2.45, 2.75) is 39.0 Å². The van der Waals surface area contributed by atoms with Crippen LogP contribution in [0.1, 0.15) is 41.3 Å². The fraction of sp³-hybridized carbons (Fsp3) is 0.423. The largest absolute Gasteiger partial charge is 0.424 e. The number of hydrogen-bond acceptors (Lipinski definition) is 8. The zero-order valence-corrected chi connectivity index (χ0v) is 21.3. The van der Waals surface area contributed by atoms with E-state index in [0.29, 0.717) is 17.7 Å². The molecule has 3 aromatic heterocycles. The molecule has 8 nitrogen and oxygen atoms in total. The molecule has 4 heterocycles. The first-order valence-corrected chi connectivity index (χ1v) is 13.2. The summed E-state index contributed by atoms with van der Waals surface area (Å²) in [5.41, 5.74) is 3.30. The molecule has 1 aliphatic carbocycles. The number of nitrogens with zero attached hydrogens (tertiary/aromatic N) is 5. The van der Waals surface area contributed by atoms with E-state index in [4.69, 9.17) is 14.7 Å². The van der Waals surface area contributed by atoms with Crippen LogP contribution in [-0.4, -0.2) is 58.1 Å².